The van der Waals surface area contributed by atoms with E-state index in [2.05, 4.69) is 10.2 Å². The molecule has 15 heavy (non-hydrogen) atoms. The van der Waals surface area contributed by atoms with Gasteiger partial charge in [0.05, 0.1) is 11.3 Å². The third-order valence-corrected chi connectivity index (χ3v) is 2.00. The molecule has 0 atom stereocenters. The fraction of sp³-hybridized carbons (Fsp3) is 0. The SMILES string of the molecule is O=Cc1ccc(-c2cccnn2)cc1F. The summed E-state index contributed by atoms with van der Waals surface area (Å²) in [5.41, 5.74) is 1.22. The molecule has 0 aliphatic rings. The molecule has 0 radical (unpaired) electrons. The Labute approximate surface area is 85.6 Å². The zero-order valence-corrected chi connectivity index (χ0v) is 7.72. The van der Waals surface area contributed by atoms with Gasteiger partial charge in [0.15, 0.2) is 6.29 Å². The molecule has 0 saturated heterocycles. The van der Waals surface area contributed by atoms with Gasteiger partial charge in [0.1, 0.15) is 5.82 Å². The van der Waals surface area contributed by atoms with E-state index in [0.29, 0.717) is 17.5 Å². The first-order chi connectivity index (χ1) is 7.31. The third kappa shape index (κ3) is 1.88. The van der Waals surface area contributed by atoms with Crippen LogP contribution in [0.5, 0.6) is 0 Å². The number of hydrogen-bond acceptors (Lipinski definition) is 3. The number of carbonyl (C=O) groups excluding carboxylic acids is 1. The van der Waals surface area contributed by atoms with E-state index in [1.54, 1.807) is 24.4 Å². The summed E-state index contributed by atoms with van der Waals surface area (Å²) in [5.74, 6) is -0.548. The minimum Gasteiger partial charge on any atom is -0.298 e. The molecule has 2 aromatic rings. The van der Waals surface area contributed by atoms with Crippen molar-refractivity contribution in [3.63, 3.8) is 0 Å². The lowest BCUT2D eigenvalue weighted by atomic mass is 10.1. The minimum absolute atomic E-state index is 0.0441. The average molecular weight is 202 g/mol. The van der Waals surface area contributed by atoms with E-state index in [4.69, 9.17) is 0 Å². The zero-order chi connectivity index (χ0) is 10.7. The molecule has 0 fully saturated rings. The Hall–Kier alpha value is -2.10. The molecule has 1 heterocycles. The molecular formula is C11H7FN2O. The van der Waals surface area contributed by atoms with Crippen LogP contribution >= 0.6 is 0 Å². The van der Waals surface area contributed by atoms with Gasteiger partial charge in [0, 0.05) is 11.8 Å². The first-order valence-electron chi connectivity index (χ1n) is 4.34. The number of nitrogens with zero attached hydrogens (tertiary/aromatic N) is 2. The van der Waals surface area contributed by atoms with Crippen LogP contribution in [0.3, 0.4) is 0 Å². The lowest BCUT2D eigenvalue weighted by Crippen LogP contribution is -1.90. The van der Waals surface area contributed by atoms with Gasteiger partial charge in [0.25, 0.3) is 0 Å². The first kappa shape index (κ1) is 9.45. The number of halogens is 1. The van der Waals surface area contributed by atoms with E-state index in [0.717, 1.165) is 0 Å². The quantitative estimate of drug-likeness (QED) is 0.700. The zero-order valence-electron chi connectivity index (χ0n) is 7.72. The monoisotopic (exact) mass is 202 g/mol. The predicted molar refractivity (Wildman–Crippen MR) is 52.8 cm³/mol. The Bertz CT molecular complexity index is 485. The largest absolute Gasteiger partial charge is 0.298 e. The second-order valence-corrected chi connectivity index (χ2v) is 2.96. The van der Waals surface area contributed by atoms with Crippen molar-refractivity contribution in [3.8, 4) is 11.3 Å². The van der Waals surface area contributed by atoms with Gasteiger partial charge in [-0.15, -0.1) is 0 Å². The highest BCUT2D eigenvalue weighted by molar-refractivity contribution is 5.76. The summed E-state index contributed by atoms with van der Waals surface area (Å²) in [5, 5.41) is 7.53. The average Bonchev–Trinajstić information content (AvgIpc) is 2.30. The summed E-state index contributed by atoms with van der Waals surface area (Å²) in [7, 11) is 0. The lowest BCUT2D eigenvalue weighted by molar-refractivity contribution is 0.112. The number of aromatic nitrogens is 2. The minimum atomic E-state index is -0.548. The highest BCUT2D eigenvalue weighted by Crippen LogP contribution is 2.18. The van der Waals surface area contributed by atoms with Crippen LogP contribution < -0.4 is 0 Å². The molecule has 0 bridgehead atoms. The van der Waals surface area contributed by atoms with Gasteiger partial charge < -0.3 is 0 Å². The van der Waals surface area contributed by atoms with Crippen LogP contribution in [0.2, 0.25) is 0 Å². The molecule has 0 amide bonds. The highest BCUT2D eigenvalue weighted by Gasteiger charge is 2.04. The smallest absolute Gasteiger partial charge is 0.152 e. The Morgan fingerprint density at radius 3 is 2.73 bits per heavy atom. The molecule has 0 unspecified atom stereocenters. The fourth-order valence-corrected chi connectivity index (χ4v) is 1.24. The van der Waals surface area contributed by atoms with Crippen molar-refractivity contribution in [2.24, 2.45) is 0 Å². The van der Waals surface area contributed by atoms with Gasteiger partial charge in [-0.05, 0) is 24.3 Å². The predicted octanol–water partition coefficient (Wildman–Crippen LogP) is 2.10. The van der Waals surface area contributed by atoms with Gasteiger partial charge in [-0.1, -0.05) is 6.07 Å². The van der Waals surface area contributed by atoms with Crippen molar-refractivity contribution in [2.45, 2.75) is 0 Å². The van der Waals surface area contributed by atoms with Crippen LogP contribution in [0.4, 0.5) is 4.39 Å². The van der Waals surface area contributed by atoms with Gasteiger partial charge in [-0.2, -0.15) is 10.2 Å². The number of hydrogen-bond donors (Lipinski definition) is 0. The molecule has 74 valence electrons. The normalized spacial score (nSPS) is 9.93. The molecule has 0 spiro atoms. The standard InChI is InChI=1S/C11H7FN2O/c12-10-6-8(3-4-9(10)7-15)11-2-1-5-13-14-11/h1-7H. The molecule has 3 nitrogen and oxygen atoms in total. The van der Waals surface area contributed by atoms with Crippen LogP contribution in [-0.4, -0.2) is 16.5 Å². The van der Waals surface area contributed by atoms with E-state index >= 15 is 0 Å². The van der Waals surface area contributed by atoms with E-state index in [1.165, 1.54) is 12.1 Å². The highest BCUT2D eigenvalue weighted by atomic mass is 19.1. The Morgan fingerprint density at radius 1 is 1.27 bits per heavy atom. The van der Waals surface area contributed by atoms with Gasteiger partial charge in [0.2, 0.25) is 0 Å². The molecule has 1 aromatic carbocycles. The maximum absolute atomic E-state index is 13.3. The second-order valence-electron chi connectivity index (χ2n) is 2.96. The summed E-state index contributed by atoms with van der Waals surface area (Å²) >= 11 is 0. The van der Waals surface area contributed by atoms with Crippen molar-refractivity contribution in [2.75, 3.05) is 0 Å². The summed E-state index contributed by atoms with van der Waals surface area (Å²) in [6, 6.07) is 7.77. The van der Waals surface area contributed by atoms with E-state index < -0.39 is 5.82 Å². The van der Waals surface area contributed by atoms with Crippen molar-refractivity contribution in [1.82, 2.24) is 10.2 Å². The molecule has 0 aliphatic carbocycles. The number of benzene rings is 1. The molecule has 0 aliphatic heterocycles. The molecule has 1 aromatic heterocycles. The van der Waals surface area contributed by atoms with Crippen molar-refractivity contribution in [1.29, 1.82) is 0 Å². The molecule has 0 N–H and O–H groups in total. The Kier molecular flexibility index (Phi) is 2.49. The fourth-order valence-electron chi connectivity index (χ4n) is 1.24. The molecule has 2 rings (SSSR count). The summed E-state index contributed by atoms with van der Waals surface area (Å²) in [4.78, 5) is 10.4. The van der Waals surface area contributed by atoms with Gasteiger partial charge in [-0.3, -0.25) is 4.79 Å². The molecule has 4 heteroatoms. The second kappa shape index (κ2) is 3.96. The first-order valence-corrected chi connectivity index (χ1v) is 4.34. The van der Waals surface area contributed by atoms with E-state index in [1.807, 2.05) is 0 Å². The molecule has 0 saturated carbocycles. The number of rotatable bonds is 2. The number of aldehydes is 1. The van der Waals surface area contributed by atoms with E-state index in [-0.39, 0.29) is 5.56 Å². The van der Waals surface area contributed by atoms with Crippen LogP contribution in [0.25, 0.3) is 11.3 Å². The summed E-state index contributed by atoms with van der Waals surface area (Å²) in [6.07, 6.45) is 2.02. The van der Waals surface area contributed by atoms with Gasteiger partial charge in [-0.25, -0.2) is 4.39 Å². The van der Waals surface area contributed by atoms with Crippen molar-refractivity contribution in [3.05, 3.63) is 47.9 Å². The maximum Gasteiger partial charge on any atom is 0.152 e. The lowest BCUT2D eigenvalue weighted by Gasteiger charge is -2.00. The topological polar surface area (TPSA) is 42.9 Å². The Balaban J connectivity index is 2.47. The van der Waals surface area contributed by atoms with Crippen LogP contribution in [-0.2, 0) is 0 Å². The van der Waals surface area contributed by atoms with E-state index in [9.17, 15) is 9.18 Å². The van der Waals surface area contributed by atoms with Crippen molar-refractivity contribution < 1.29 is 9.18 Å². The summed E-state index contributed by atoms with van der Waals surface area (Å²) in [6.45, 7) is 0. The van der Waals surface area contributed by atoms with Crippen LogP contribution in [0, 0.1) is 5.82 Å². The third-order valence-electron chi connectivity index (χ3n) is 2.00. The number of carbonyl (C=O) groups is 1. The maximum atomic E-state index is 13.3. The van der Waals surface area contributed by atoms with Crippen LogP contribution in [0.15, 0.2) is 36.5 Å². The molecular weight excluding hydrogens is 195 g/mol. The van der Waals surface area contributed by atoms with Crippen molar-refractivity contribution >= 4 is 6.29 Å². The van der Waals surface area contributed by atoms with Crippen LogP contribution in [0.1, 0.15) is 10.4 Å². The van der Waals surface area contributed by atoms with Gasteiger partial charge >= 0.3 is 0 Å². The Morgan fingerprint density at radius 2 is 2.13 bits per heavy atom. The summed E-state index contributed by atoms with van der Waals surface area (Å²) < 4.78 is 13.3.